The molecule has 2 N–H and O–H groups in total. The van der Waals surface area contributed by atoms with Crippen LogP contribution in [0, 0.1) is 5.92 Å². The molecule has 0 aromatic heterocycles. The first-order valence-electron chi connectivity index (χ1n) is 8.43. The largest absolute Gasteiger partial charge is 0.481 e. The van der Waals surface area contributed by atoms with Gasteiger partial charge in [0.05, 0.1) is 12.3 Å². The number of rotatable bonds is 8. The Bertz CT molecular complexity index is 706. The van der Waals surface area contributed by atoms with Gasteiger partial charge in [-0.1, -0.05) is 12.1 Å². The number of hydrogen-bond donors (Lipinski definition) is 2. The molecular weight excluding hydrogens is 324 g/mol. The lowest BCUT2D eigenvalue weighted by atomic mass is 9.88. The molecule has 0 bridgehead atoms. The number of carboxylic acids is 2. The molecule has 1 fully saturated rings. The van der Waals surface area contributed by atoms with Gasteiger partial charge < -0.3 is 10.2 Å². The fourth-order valence-electron chi connectivity index (χ4n) is 3.23. The molecule has 1 aliphatic carbocycles. The fraction of sp³-hybridized carbons (Fsp3) is 0.474. The lowest BCUT2D eigenvalue weighted by molar-refractivity contribution is -0.138. The van der Waals surface area contributed by atoms with Gasteiger partial charge in [-0.15, -0.1) is 0 Å². The highest BCUT2D eigenvalue weighted by atomic mass is 16.4. The number of carboxylic acid groups (broad SMARTS) is 2. The summed E-state index contributed by atoms with van der Waals surface area (Å²) in [5.74, 6) is -3.21. The van der Waals surface area contributed by atoms with Crippen LogP contribution in [0.2, 0.25) is 0 Å². The first-order chi connectivity index (χ1) is 11.8. The van der Waals surface area contributed by atoms with Gasteiger partial charge in [-0.05, 0) is 43.4 Å². The van der Waals surface area contributed by atoms with Gasteiger partial charge in [0.1, 0.15) is 5.78 Å². The number of carbonyl (C=O) groups is 4. The Morgan fingerprint density at radius 2 is 1.92 bits per heavy atom. The van der Waals surface area contributed by atoms with E-state index in [2.05, 4.69) is 0 Å². The Labute approximate surface area is 145 Å². The Morgan fingerprint density at radius 1 is 1.20 bits per heavy atom. The lowest BCUT2D eigenvalue weighted by Gasteiger charge is -2.15. The van der Waals surface area contributed by atoms with Gasteiger partial charge in [0.25, 0.3) is 0 Å². The Kier molecular flexibility index (Phi) is 6.07. The normalized spacial score (nSPS) is 18.1. The van der Waals surface area contributed by atoms with Crippen LogP contribution in [-0.4, -0.2) is 33.7 Å². The number of hydrogen-bond acceptors (Lipinski definition) is 4. The summed E-state index contributed by atoms with van der Waals surface area (Å²) < 4.78 is 0. The third-order valence-corrected chi connectivity index (χ3v) is 4.73. The van der Waals surface area contributed by atoms with Gasteiger partial charge in [0.2, 0.25) is 0 Å². The molecule has 1 aliphatic rings. The van der Waals surface area contributed by atoms with Crippen molar-refractivity contribution in [3.05, 3.63) is 34.9 Å². The summed E-state index contributed by atoms with van der Waals surface area (Å²) in [4.78, 5) is 46.3. The molecule has 1 aromatic rings. The molecule has 0 amide bonds. The standard InChI is InChI=1S/C19H22O6/c1-11(19(24)25)14-6-5-12(9-13-3-2-4-16(13)20)10-15(14)17(21)7-8-18(22)23/h5-6,10-11,13H,2-4,7-9H2,1H3,(H,22,23)(H,24,25). The van der Waals surface area contributed by atoms with Crippen molar-refractivity contribution in [1.82, 2.24) is 0 Å². The maximum absolute atomic E-state index is 12.4. The minimum atomic E-state index is -1.08. The molecule has 2 unspecified atom stereocenters. The van der Waals surface area contributed by atoms with Crippen LogP contribution in [-0.2, 0) is 20.8 Å². The Balaban J connectivity index is 2.30. The van der Waals surface area contributed by atoms with Crippen molar-refractivity contribution in [3.63, 3.8) is 0 Å². The zero-order valence-electron chi connectivity index (χ0n) is 14.2. The first-order valence-corrected chi connectivity index (χ1v) is 8.43. The Morgan fingerprint density at radius 3 is 2.48 bits per heavy atom. The van der Waals surface area contributed by atoms with E-state index in [0.29, 0.717) is 18.4 Å². The van der Waals surface area contributed by atoms with E-state index in [9.17, 15) is 24.3 Å². The zero-order valence-corrected chi connectivity index (χ0v) is 14.2. The summed E-state index contributed by atoms with van der Waals surface area (Å²) in [5, 5.41) is 18.0. The van der Waals surface area contributed by atoms with E-state index in [1.54, 1.807) is 18.2 Å². The SMILES string of the molecule is CC(C(=O)O)c1ccc(CC2CCCC2=O)cc1C(=O)CCC(=O)O. The molecule has 0 spiro atoms. The minimum absolute atomic E-state index is 0.0512. The molecule has 2 atom stereocenters. The van der Waals surface area contributed by atoms with Crippen molar-refractivity contribution in [2.45, 2.75) is 51.4 Å². The van der Waals surface area contributed by atoms with Gasteiger partial charge in [-0.2, -0.15) is 0 Å². The number of aliphatic carboxylic acids is 2. The molecule has 1 aromatic carbocycles. The topological polar surface area (TPSA) is 109 Å². The molecule has 0 aliphatic heterocycles. The summed E-state index contributed by atoms with van der Waals surface area (Å²) >= 11 is 0. The van der Waals surface area contributed by atoms with E-state index in [1.807, 2.05) is 0 Å². The minimum Gasteiger partial charge on any atom is -0.481 e. The predicted molar refractivity (Wildman–Crippen MR) is 89.7 cm³/mol. The molecule has 2 rings (SSSR count). The van der Waals surface area contributed by atoms with Crippen LogP contribution in [0.1, 0.15) is 66.4 Å². The van der Waals surface area contributed by atoms with E-state index in [0.717, 1.165) is 18.4 Å². The second-order valence-electron chi connectivity index (χ2n) is 6.56. The average molecular weight is 346 g/mol. The highest BCUT2D eigenvalue weighted by molar-refractivity contribution is 6.00. The third kappa shape index (κ3) is 4.75. The van der Waals surface area contributed by atoms with E-state index >= 15 is 0 Å². The molecule has 0 radical (unpaired) electrons. The van der Waals surface area contributed by atoms with Gasteiger partial charge in [-0.3, -0.25) is 19.2 Å². The lowest BCUT2D eigenvalue weighted by Crippen LogP contribution is -2.15. The smallest absolute Gasteiger partial charge is 0.310 e. The highest BCUT2D eigenvalue weighted by Crippen LogP contribution is 2.28. The predicted octanol–water partition coefficient (Wildman–Crippen LogP) is 2.83. The second-order valence-corrected chi connectivity index (χ2v) is 6.56. The van der Waals surface area contributed by atoms with Crippen molar-refractivity contribution in [2.24, 2.45) is 5.92 Å². The molecule has 1 saturated carbocycles. The van der Waals surface area contributed by atoms with Crippen LogP contribution in [0.25, 0.3) is 0 Å². The molecule has 0 saturated heterocycles. The number of ketones is 2. The van der Waals surface area contributed by atoms with Gasteiger partial charge in [0, 0.05) is 24.3 Å². The van der Waals surface area contributed by atoms with Gasteiger partial charge in [0.15, 0.2) is 5.78 Å². The fourth-order valence-corrected chi connectivity index (χ4v) is 3.23. The maximum atomic E-state index is 12.4. The number of carbonyl (C=O) groups excluding carboxylic acids is 2. The van der Waals surface area contributed by atoms with E-state index in [-0.39, 0.29) is 35.9 Å². The Hall–Kier alpha value is -2.50. The van der Waals surface area contributed by atoms with Crippen molar-refractivity contribution >= 4 is 23.5 Å². The summed E-state index contributed by atoms with van der Waals surface area (Å²) in [7, 11) is 0. The van der Waals surface area contributed by atoms with Crippen LogP contribution in [0.5, 0.6) is 0 Å². The van der Waals surface area contributed by atoms with Crippen LogP contribution < -0.4 is 0 Å². The van der Waals surface area contributed by atoms with Crippen molar-refractivity contribution in [3.8, 4) is 0 Å². The third-order valence-electron chi connectivity index (χ3n) is 4.73. The van der Waals surface area contributed by atoms with Gasteiger partial charge in [-0.25, -0.2) is 0 Å². The monoisotopic (exact) mass is 346 g/mol. The number of benzene rings is 1. The average Bonchev–Trinajstić information content (AvgIpc) is 2.96. The zero-order chi connectivity index (χ0) is 18.6. The van der Waals surface area contributed by atoms with Crippen molar-refractivity contribution in [1.29, 1.82) is 0 Å². The highest BCUT2D eigenvalue weighted by Gasteiger charge is 2.26. The summed E-state index contributed by atoms with van der Waals surface area (Å²) in [6.07, 6.45) is 2.34. The van der Waals surface area contributed by atoms with E-state index < -0.39 is 17.9 Å². The molecule has 6 nitrogen and oxygen atoms in total. The van der Waals surface area contributed by atoms with E-state index in [1.165, 1.54) is 6.92 Å². The number of Topliss-reactive ketones (excluding diaryl/α,β-unsaturated/α-hetero) is 2. The molecule has 134 valence electrons. The summed E-state index contributed by atoms with van der Waals surface area (Å²) in [6, 6.07) is 5.00. The van der Waals surface area contributed by atoms with Crippen molar-refractivity contribution < 1.29 is 29.4 Å². The van der Waals surface area contributed by atoms with Crippen LogP contribution in [0.3, 0.4) is 0 Å². The molecule has 6 heteroatoms. The molecule has 25 heavy (non-hydrogen) atoms. The van der Waals surface area contributed by atoms with Crippen LogP contribution in [0.4, 0.5) is 0 Å². The quantitative estimate of drug-likeness (QED) is 0.701. The summed E-state index contributed by atoms with van der Waals surface area (Å²) in [5.41, 5.74) is 1.43. The molecular formula is C19H22O6. The van der Waals surface area contributed by atoms with Crippen LogP contribution >= 0.6 is 0 Å². The van der Waals surface area contributed by atoms with Crippen molar-refractivity contribution in [2.75, 3.05) is 0 Å². The maximum Gasteiger partial charge on any atom is 0.310 e. The van der Waals surface area contributed by atoms with Crippen LogP contribution in [0.15, 0.2) is 18.2 Å². The second kappa shape index (κ2) is 8.05. The van der Waals surface area contributed by atoms with E-state index in [4.69, 9.17) is 5.11 Å². The summed E-state index contributed by atoms with van der Waals surface area (Å²) in [6.45, 7) is 1.49. The first kappa shape index (κ1) is 18.8. The molecule has 0 heterocycles. The van der Waals surface area contributed by atoms with Gasteiger partial charge >= 0.3 is 11.9 Å².